The zero-order valence-electron chi connectivity index (χ0n) is 16.1. The Balaban J connectivity index is 1.67. The molecule has 32 heavy (non-hydrogen) atoms. The molecule has 0 fully saturated rings. The Hall–Kier alpha value is -2.80. The molecule has 0 atom stereocenters. The van der Waals surface area contributed by atoms with Crippen molar-refractivity contribution < 1.29 is 17.6 Å². The number of halogens is 3. The maximum atomic E-state index is 12.4. The van der Waals surface area contributed by atoms with Crippen molar-refractivity contribution in [2.75, 3.05) is 5.32 Å². The number of carbonyl (C=O) groups excluding carboxylic acids is 1. The van der Waals surface area contributed by atoms with Gasteiger partial charge in [0.05, 0.1) is 21.5 Å². The third kappa shape index (κ3) is 6.13. The van der Waals surface area contributed by atoms with E-state index in [4.69, 9.17) is 39.2 Å². The lowest BCUT2D eigenvalue weighted by molar-refractivity contribution is -0.112. The molecule has 3 aromatic rings. The topological polar surface area (TPSA) is 112 Å². The lowest BCUT2D eigenvalue weighted by atomic mass is 10.2. The van der Waals surface area contributed by atoms with Crippen LogP contribution >= 0.6 is 34.8 Å². The highest BCUT2D eigenvalue weighted by molar-refractivity contribution is 7.89. The summed E-state index contributed by atoms with van der Waals surface area (Å²) in [5, 5.41) is 12.9. The van der Waals surface area contributed by atoms with E-state index in [-0.39, 0.29) is 33.6 Å². The second-order valence-electron chi connectivity index (χ2n) is 6.34. The number of nitrogens with one attached hydrogen (secondary N) is 2. The molecule has 0 saturated carbocycles. The SMILES string of the molecule is N#C/C(=C/c1ccc(CNS(=O)(=O)c2ccc(Cl)cc2)o1)C(=O)Nc1ccc(Cl)c(Cl)c1. The predicted molar refractivity (Wildman–Crippen MR) is 123 cm³/mol. The molecule has 1 amide bonds. The van der Waals surface area contributed by atoms with Crippen LogP contribution in [0.2, 0.25) is 15.1 Å². The van der Waals surface area contributed by atoms with E-state index in [9.17, 15) is 18.5 Å². The molecule has 2 N–H and O–H groups in total. The molecule has 0 aliphatic carbocycles. The third-order valence-corrected chi connectivity index (χ3v) is 6.48. The van der Waals surface area contributed by atoms with Crippen LogP contribution in [0, 0.1) is 11.3 Å². The molecule has 0 aliphatic heterocycles. The fraction of sp³-hybridized carbons (Fsp3) is 0.0476. The summed E-state index contributed by atoms with van der Waals surface area (Å²) in [7, 11) is -3.77. The van der Waals surface area contributed by atoms with Gasteiger partial charge in [-0.2, -0.15) is 5.26 Å². The molecular weight excluding hydrogens is 497 g/mol. The fourth-order valence-corrected chi connectivity index (χ4v) is 3.91. The molecule has 2 aromatic carbocycles. The summed E-state index contributed by atoms with van der Waals surface area (Å²) in [5.41, 5.74) is 0.140. The minimum Gasteiger partial charge on any atom is -0.460 e. The minimum atomic E-state index is -3.77. The van der Waals surface area contributed by atoms with Crippen LogP contribution in [0.1, 0.15) is 11.5 Å². The Bertz CT molecular complexity index is 1330. The van der Waals surface area contributed by atoms with Gasteiger partial charge in [-0.3, -0.25) is 4.79 Å². The Kier molecular flexibility index (Phi) is 7.61. The van der Waals surface area contributed by atoms with Crippen molar-refractivity contribution in [2.45, 2.75) is 11.4 Å². The Morgan fingerprint density at radius 3 is 2.41 bits per heavy atom. The molecular formula is C21H14Cl3N3O4S. The number of carbonyl (C=O) groups is 1. The van der Waals surface area contributed by atoms with Crippen LogP contribution < -0.4 is 10.0 Å². The number of nitrogens with zero attached hydrogens (tertiary/aromatic N) is 1. The molecule has 0 unspecified atom stereocenters. The molecule has 0 bridgehead atoms. The second kappa shape index (κ2) is 10.2. The monoisotopic (exact) mass is 509 g/mol. The largest absolute Gasteiger partial charge is 0.460 e. The number of rotatable bonds is 7. The highest BCUT2D eigenvalue weighted by Gasteiger charge is 2.15. The van der Waals surface area contributed by atoms with Crippen LogP contribution in [0.5, 0.6) is 0 Å². The summed E-state index contributed by atoms with van der Waals surface area (Å²) in [5.74, 6) is -0.185. The van der Waals surface area contributed by atoms with Crippen molar-refractivity contribution in [3.8, 4) is 6.07 Å². The van der Waals surface area contributed by atoms with E-state index in [1.807, 2.05) is 0 Å². The van der Waals surface area contributed by atoms with E-state index < -0.39 is 15.9 Å². The molecule has 1 aromatic heterocycles. The normalized spacial score (nSPS) is 11.8. The summed E-state index contributed by atoms with van der Waals surface area (Å²) in [6.45, 7) is -0.129. The van der Waals surface area contributed by atoms with Crippen LogP contribution in [0.15, 0.2) is 69.5 Å². The zero-order valence-corrected chi connectivity index (χ0v) is 19.2. The molecule has 164 valence electrons. The van der Waals surface area contributed by atoms with Gasteiger partial charge in [0.25, 0.3) is 5.91 Å². The molecule has 0 spiro atoms. The van der Waals surface area contributed by atoms with Gasteiger partial charge in [0.2, 0.25) is 10.0 Å². The Morgan fingerprint density at radius 1 is 1.03 bits per heavy atom. The van der Waals surface area contributed by atoms with Crippen LogP contribution in [-0.2, 0) is 21.4 Å². The van der Waals surface area contributed by atoms with Gasteiger partial charge < -0.3 is 9.73 Å². The van der Waals surface area contributed by atoms with Crippen LogP contribution in [0.4, 0.5) is 5.69 Å². The highest BCUT2D eigenvalue weighted by Crippen LogP contribution is 2.25. The van der Waals surface area contributed by atoms with E-state index in [2.05, 4.69) is 10.0 Å². The van der Waals surface area contributed by atoms with Crippen molar-refractivity contribution in [2.24, 2.45) is 0 Å². The Morgan fingerprint density at radius 2 is 1.75 bits per heavy atom. The molecule has 11 heteroatoms. The molecule has 0 radical (unpaired) electrons. The number of hydrogen-bond acceptors (Lipinski definition) is 5. The lowest BCUT2D eigenvalue weighted by Crippen LogP contribution is -2.22. The molecule has 3 rings (SSSR count). The number of furan rings is 1. The molecule has 0 aliphatic rings. The first kappa shape index (κ1) is 23.9. The zero-order chi connectivity index (χ0) is 23.3. The van der Waals surface area contributed by atoms with Gasteiger partial charge in [0.15, 0.2) is 0 Å². The van der Waals surface area contributed by atoms with Gasteiger partial charge in [0, 0.05) is 16.8 Å². The summed E-state index contributed by atoms with van der Waals surface area (Å²) < 4.78 is 32.6. The quantitative estimate of drug-likeness (QED) is 0.332. The van der Waals surface area contributed by atoms with E-state index in [1.165, 1.54) is 54.6 Å². The van der Waals surface area contributed by atoms with E-state index in [1.54, 1.807) is 12.1 Å². The van der Waals surface area contributed by atoms with Gasteiger partial charge >= 0.3 is 0 Å². The molecule has 0 saturated heterocycles. The number of nitriles is 1. The number of benzene rings is 2. The van der Waals surface area contributed by atoms with E-state index in [0.29, 0.717) is 15.7 Å². The second-order valence-corrected chi connectivity index (χ2v) is 9.35. The minimum absolute atomic E-state index is 0.0549. The van der Waals surface area contributed by atoms with E-state index >= 15 is 0 Å². The maximum Gasteiger partial charge on any atom is 0.266 e. The first-order valence-electron chi connectivity index (χ1n) is 8.90. The van der Waals surface area contributed by atoms with Crippen molar-refractivity contribution in [3.63, 3.8) is 0 Å². The molecule has 7 nitrogen and oxygen atoms in total. The van der Waals surface area contributed by atoms with Crippen LogP contribution in [0.3, 0.4) is 0 Å². The first-order valence-corrected chi connectivity index (χ1v) is 11.5. The lowest BCUT2D eigenvalue weighted by Gasteiger charge is -2.05. The standard InChI is InChI=1S/C21H14Cl3N3O4S/c22-14-1-6-18(7-2-14)32(29,30)26-12-17-5-4-16(31-17)9-13(11-25)21(28)27-15-3-8-19(23)20(24)10-15/h1-10,26H,12H2,(H,27,28)/b13-9-. The Labute approximate surface area is 199 Å². The van der Waals surface area contributed by atoms with Gasteiger partial charge in [-0.1, -0.05) is 34.8 Å². The maximum absolute atomic E-state index is 12.4. The number of hydrogen-bond donors (Lipinski definition) is 2. The average Bonchev–Trinajstić information content (AvgIpc) is 3.21. The summed E-state index contributed by atoms with van der Waals surface area (Å²) in [6.07, 6.45) is 1.24. The van der Waals surface area contributed by atoms with Crippen molar-refractivity contribution in [3.05, 3.63) is 86.8 Å². The van der Waals surface area contributed by atoms with Gasteiger partial charge in [-0.25, -0.2) is 13.1 Å². The average molecular weight is 511 g/mol. The van der Waals surface area contributed by atoms with Crippen molar-refractivity contribution in [1.82, 2.24) is 4.72 Å². The fourth-order valence-electron chi connectivity index (χ4n) is 2.49. The number of sulfonamides is 1. The summed E-state index contributed by atoms with van der Waals surface area (Å²) >= 11 is 17.5. The molecule has 1 heterocycles. The summed E-state index contributed by atoms with van der Waals surface area (Å²) in [6, 6.07) is 15.0. The summed E-state index contributed by atoms with van der Waals surface area (Å²) in [4.78, 5) is 12.4. The first-order chi connectivity index (χ1) is 15.2. The van der Waals surface area contributed by atoms with Gasteiger partial charge in [-0.05, 0) is 54.6 Å². The van der Waals surface area contributed by atoms with E-state index in [0.717, 1.165) is 0 Å². The predicted octanol–water partition coefficient (Wildman–Crippen LogP) is 5.26. The van der Waals surface area contributed by atoms with Crippen molar-refractivity contribution in [1.29, 1.82) is 5.26 Å². The smallest absolute Gasteiger partial charge is 0.266 e. The van der Waals surface area contributed by atoms with Gasteiger partial charge in [0.1, 0.15) is 23.2 Å². The highest BCUT2D eigenvalue weighted by atomic mass is 35.5. The number of amides is 1. The third-order valence-electron chi connectivity index (χ3n) is 4.07. The van der Waals surface area contributed by atoms with Crippen LogP contribution in [0.25, 0.3) is 6.08 Å². The van der Waals surface area contributed by atoms with Crippen LogP contribution in [-0.4, -0.2) is 14.3 Å². The number of anilines is 1. The van der Waals surface area contributed by atoms with Crippen molar-refractivity contribution >= 4 is 62.5 Å². The van der Waals surface area contributed by atoms with Gasteiger partial charge in [-0.15, -0.1) is 0 Å².